The molecule has 3 aromatic rings. The number of hydrogen-bond acceptors (Lipinski definition) is 4. The fourth-order valence-corrected chi connectivity index (χ4v) is 3.95. The lowest BCUT2D eigenvalue weighted by molar-refractivity contribution is -0.121. The number of rotatable bonds is 7. The number of aromatic nitrogens is 3. The summed E-state index contributed by atoms with van der Waals surface area (Å²) in [7, 11) is 3.46. The molecule has 1 N–H and O–H groups in total. The van der Waals surface area contributed by atoms with Crippen molar-refractivity contribution in [1.82, 2.24) is 20.1 Å². The monoisotopic (exact) mass is 414 g/mol. The Balaban J connectivity index is 1.68. The lowest BCUT2D eigenvalue weighted by Gasteiger charge is -2.16. The summed E-state index contributed by atoms with van der Waals surface area (Å²) in [6.07, 6.45) is 1.71. The number of fused-ring (bicyclic) bond motifs is 1. The highest BCUT2D eigenvalue weighted by Gasteiger charge is 2.19. The van der Waals surface area contributed by atoms with Crippen LogP contribution in [0.2, 0.25) is 5.02 Å². The summed E-state index contributed by atoms with van der Waals surface area (Å²) in [6, 6.07) is 7.72. The number of carbonyl (C=O) groups is 1. The lowest BCUT2D eigenvalue weighted by atomic mass is 10.00. The largest absolute Gasteiger partial charge is 0.479 e. The van der Waals surface area contributed by atoms with E-state index in [1.807, 2.05) is 52.1 Å². The van der Waals surface area contributed by atoms with Gasteiger partial charge in [0.2, 0.25) is 11.8 Å². The number of aryl methyl sites for hydroxylation is 3. The number of amides is 1. The molecule has 0 aliphatic heterocycles. The maximum atomic E-state index is 12.5. The van der Waals surface area contributed by atoms with Gasteiger partial charge in [0.15, 0.2) is 5.65 Å². The molecule has 0 fully saturated rings. The minimum absolute atomic E-state index is 0.00335. The van der Waals surface area contributed by atoms with Crippen molar-refractivity contribution in [3.8, 4) is 5.88 Å². The number of hydrogen-bond donors (Lipinski definition) is 1. The van der Waals surface area contributed by atoms with Gasteiger partial charge in [-0.25, -0.2) is 9.67 Å². The Morgan fingerprint density at radius 3 is 2.72 bits per heavy atom. The van der Waals surface area contributed by atoms with E-state index in [2.05, 4.69) is 15.4 Å². The number of pyridine rings is 1. The van der Waals surface area contributed by atoms with Gasteiger partial charge >= 0.3 is 0 Å². The van der Waals surface area contributed by atoms with Crippen LogP contribution in [0, 0.1) is 13.8 Å². The molecular formula is C22H27ClN4O2. The van der Waals surface area contributed by atoms with E-state index in [4.69, 9.17) is 16.3 Å². The molecule has 0 saturated carbocycles. The topological polar surface area (TPSA) is 69.0 Å². The molecule has 0 saturated heterocycles. The van der Waals surface area contributed by atoms with Crippen molar-refractivity contribution in [1.29, 1.82) is 0 Å². The highest BCUT2D eigenvalue weighted by molar-refractivity contribution is 6.31. The van der Waals surface area contributed by atoms with Crippen molar-refractivity contribution in [3.63, 3.8) is 0 Å². The van der Waals surface area contributed by atoms with Gasteiger partial charge in [-0.15, -0.1) is 5.10 Å². The van der Waals surface area contributed by atoms with E-state index in [0.717, 1.165) is 38.4 Å². The molecule has 1 atom stereocenters. The normalized spacial score (nSPS) is 12.2. The molecule has 2 heterocycles. The number of nitrogens with zero attached hydrogens (tertiary/aromatic N) is 3. The van der Waals surface area contributed by atoms with Crippen molar-refractivity contribution in [2.24, 2.45) is 7.05 Å². The number of ether oxygens (including phenoxy) is 1. The smallest absolute Gasteiger partial charge is 0.242 e. The Labute approximate surface area is 176 Å². The maximum Gasteiger partial charge on any atom is 0.242 e. The molecule has 0 aliphatic carbocycles. The van der Waals surface area contributed by atoms with Crippen molar-refractivity contribution in [2.75, 3.05) is 7.11 Å². The van der Waals surface area contributed by atoms with Gasteiger partial charge in [-0.05, 0) is 56.4 Å². The van der Waals surface area contributed by atoms with Gasteiger partial charge in [0.1, 0.15) is 0 Å². The molecule has 3 rings (SSSR count). The molecule has 1 amide bonds. The van der Waals surface area contributed by atoms with E-state index >= 15 is 0 Å². The van der Waals surface area contributed by atoms with Gasteiger partial charge in [0.25, 0.3) is 0 Å². The standard InChI is InChI=1S/C22H27ClN4O2/c1-13(12-16-8-6-7-9-18(16)23)24-19(28)11-10-17-14(2)20-21(25-15(17)3)27(4)26-22(20)29-5/h6-9,13H,10-12H2,1-5H3,(H,24,28). The summed E-state index contributed by atoms with van der Waals surface area (Å²) in [5, 5.41) is 9.08. The number of halogens is 1. The third kappa shape index (κ3) is 4.53. The minimum Gasteiger partial charge on any atom is -0.479 e. The summed E-state index contributed by atoms with van der Waals surface area (Å²) in [6.45, 7) is 6.00. The van der Waals surface area contributed by atoms with Gasteiger partial charge in [0.05, 0.1) is 12.5 Å². The van der Waals surface area contributed by atoms with Crippen LogP contribution < -0.4 is 10.1 Å². The van der Waals surface area contributed by atoms with Crippen LogP contribution in [-0.4, -0.2) is 33.8 Å². The minimum atomic E-state index is 0.00335. The average Bonchev–Trinajstić information content (AvgIpc) is 2.99. The van der Waals surface area contributed by atoms with E-state index in [0.29, 0.717) is 25.1 Å². The molecule has 1 unspecified atom stereocenters. The SMILES string of the molecule is COc1nn(C)c2nc(C)c(CCC(=O)NC(C)Cc3ccccc3Cl)c(C)c12. The first kappa shape index (κ1) is 21.1. The van der Waals surface area contributed by atoms with Crippen LogP contribution in [-0.2, 0) is 24.7 Å². The van der Waals surface area contributed by atoms with Gasteiger partial charge in [-0.1, -0.05) is 29.8 Å². The summed E-state index contributed by atoms with van der Waals surface area (Å²) in [5.41, 5.74) is 4.87. The second-order valence-electron chi connectivity index (χ2n) is 7.40. The summed E-state index contributed by atoms with van der Waals surface area (Å²) < 4.78 is 7.13. The zero-order chi connectivity index (χ0) is 21.1. The van der Waals surface area contributed by atoms with E-state index in [1.54, 1.807) is 11.8 Å². The fraction of sp³-hybridized carbons (Fsp3) is 0.409. The van der Waals surface area contributed by atoms with Gasteiger partial charge < -0.3 is 10.1 Å². The van der Waals surface area contributed by atoms with Crippen molar-refractivity contribution >= 4 is 28.5 Å². The van der Waals surface area contributed by atoms with Crippen LogP contribution in [0.15, 0.2) is 24.3 Å². The van der Waals surface area contributed by atoms with E-state index in [1.165, 1.54) is 0 Å². The Morgan fingerprint density at radius 2 is 2.03 bits per heavy atom. The van der Waals surface area contributed by atoms with E-state index in [-0.39, 0.29) is 11.9 Å². The van der Waals surface area contributed by atoms with E-state index in [9.17, 15) is 4.79 Å². The third-order valence-corrected chi connectivity index (χ3v) is 5.58. The fourth-order valence-electron chi connectivity index (χ4n) is 3.74. The van der Waals surface area contributed by atoms with Crippen LogP contribution >= 0.6 is 11.6 Å². The van der Waals surface area contributed by atoms with Crippen LogP contribution in [0.5, 0.6) is 5.88 Å². The molecule has 2 aromatic heterocycles. The highest BCUT2D eigenvalue weighted by atomic mass is 35.5. The average molecular weight is 415 g/mol. The highest BCUT2D eigenvalue weighted by Crippen LogP contribution is 2.30. The molecule has 154 valence electrons. The Bertz CT molecular complexity index is 1040. The molecular weight excluding hydrogens is 388 g/mol. The molecule has 6 nitrogen and oxygen atoms in total. The van der Waals surface area contributed by atoms with Gasteiger partial charge in [0, 0.05) is 30.2 Å². The zero-order valence-electron chi connectivity index (χ0n) is 17.5. The first-order chi connectivity index (χ1) is 13.8. The molecule has 0 spiro atoms. The Morgan fingerprint density at radius 1 is 1.31 bits per heavy atom. The van der Waals surface area contributed by atoms with Gasteiger partial charge in [-0.2, -0.15) is 0 Å². The number of carbonyl (C=O) groups excluding carboxylic acids is 1. The molecule has 1 aromatic carbocycles. The first-order valence-corrected chi connectivity index (χ1v) is 10.1. The van der Waals surface area contributed by atoms with Crippen LogP contribution in [0.25, 0.3) is 11.0 Å². The predicted octanol–water partition coefficient (Wildman–Crippen LogP) is 3.93. The summed E-state index contributed by atoms with van der Waals surface area (Å²) in [5.74, 6) is 0.577. The van der Waals surface area contributed by atoms with E-state index < -0.39 is 0 Å². The number of nitrogens with one attached hydrogen (secondary N) is 1. The quantitative estimate of drug-likeness (QED) is 0.636. The second kappa shape index (κ2) is 8.82. The molecule has 7 heteroatoms. The zero-order valence-corrected chi connectivity index (χ0v) is 18.3. The second-order valence-corrected chi connectivity index (χ2v) is 7.80. The molecule has 0 aliphatic rings. The van der Waals surface area contributed by atoms with Gasteiger partial charge in [-0.3, -0.25) is 4.79 Å². The third-order valence-electron chi connectivity index (χ3n) is 5.21. The van der Waals surface area contributed by atoms with Crippen molar-refractivity contribution in [3.05, 3.63) is 51.7 Å². The Kier molecular flexibility index (Phi) is 6.42. The maximum absolute atomic E-state index is 12.5. The number of methoxy groups -OCH3 is 1. The Hall–Kier alpha value is -2.60. The number of benzene rings is 1. The van der Waals surface area contributed by atoms with Crippen molar-refractivity contribution < 1.29 is 9.53 Å². The lowest BCUT2D eigenvalue weighted by Crippen LogP contribution is -2.34. The summed E-state index contributed by atoms with van der Waals surface area (Å²) >= 11 is 6.22. The van der Waals surface area contributed by atoms with Crippen LogP contribution in [0.3, 0.4) is 0 Å². The molecule has 0 bridgehead atoms. The van der Waals surface area contributed by atoms with Crippen LogP contribution in [0.1, 0.15) is 35.7 Å². The van der Waals surface area contributed by atoms with Crippen molar-refractivity contribution in [2.45, 2.75) is 46.1 Å². The van der Waals surface area contributed by atoms with Crippen LogP contribution in [0.4, 0.5) is 0 Å². The molecule has 29 heavy (non-hydrogen) atoms. The molecule has 0 radical (unpaired) electrons. The first-order valence-electron chi connectivity index (χ1n) is 9.71. The summed E-state index contributed by atoms with van der Waals surface area (Å²) in [4.78, 5) is 17.2. The predicted molar refractivity (Wildman–Crippen MR) is 116 cm³/mol.